The Hall–Kier alpha value is -2.45. The molecule has 158 valence electrons. The van der Waals surface area contributed by atoms with Crippen LogP contribution >= 0.6 is 11.6 Å². The van der Waals surface area contributed by atoms with E-state index in [2.05, 4.69) is 10.0 Å². The fourth-order valence-electron chi connectivity index (χ4n) is 2.68. The minimum absolute atomic E-state index is 0.157. The molecule has 0 unspecified atom stereocenters. The van der Waals surface area contributed by atoms with Crippen LogP contribution in [0.2, 0.25) is 5.02 Å². The number of benzene rings is 2. The van der Waals surface area contributed by atoms with Gasteiger partial charge in [-0.15, -0.1) is 0 Å². The lowest BCUT2D eigenvalue weighted by molar-refractivity contribution is 0.0953. The van der Waals surface area contributed by atoms with Crippen LogP contribution in [0.3, 0.4) is 0 Å². The third-order valence-corrected chi connectivity index (χ3v) is 4.89. The van der Waals surface area contributed by atoms with E-state index in [1.165, 1.54) is 18.2 Å². The van der Waals surface area contributed by atoms with Crippen molar-refractivity contribution >= 4 is 33.2 Å². The summed E-state index contributed by atoms with van der Waals surface area (Å²) in [4.78, 5) is 12.3. The number of rotatable bonds is 10. The summed E-state index contributed by atoms with van der Waals surface area (Å²) in [6.07, 6.45) is 2.54. The Balaban J connectivity index is 1.88. The standard InChI is InChI=1S/C20H25ClN2O5S/c1-4-28-18-10-7-14(12-19(18)27-2)6-5-11-22-20(24)15-8-9-17(16(21)13-15)23-29(3,25)26/h7-10,12-13,23H,4-6,11H2,1-3H3,(H,22,24). The van der Waals surface area contributed by atoms with Crippen LogP contribution in [-0.4, -0.2) is 40.8 Å². The van der Waals surface area contributed by atoms with E-state index in [0.717, 1.165) is 24.7 Å². The monoisotopic (exact) mass is 440 g/mol. The molecule has 0 saturated carbocycles. The van der Waals surface area contributed by atoms with Gasteiger partial charge in [-0.05, 0) is 55.7 Å². The largest absolute Gasteiger partial charge is 0.493 e. The molecule has 0 fully saturated rings. The van der Waals surface area contributed by atoms with Crippen molar-refractivity contribution in [2.75, 3.05) is 31.2 Å². The van der Waals surface area contributed by atoms with Gasteiger partial charge in [0, 0.05) is 12.1 Å². The molecule has 0 radical (unpaired) electrons. The quantitative estimate of drug-likeness (QED) is 0.551. The molecule has 2 aromatic rings. The van der Waals surface area contributed by atoms with E-state index in [-0.39, 0.29) is 16.6 Å². The smallest absolute Gasteiger partial charge is 0.251 e. The molecular weight excluding hydrogens is 416 g/mol. The first-order chi connectivity index (χ1) is 13.7. The van der Waals surface area contributed by atoms with Gasteiger partial charge < -0.3 is 14.8 Å². The van der Waals surface area contributed by atoms with Gasteiger partial charge in [-0.25, -0.2) is 8.42 Å². The summed E-state index contributed by atoms with van der Waals surface area (Å²) in [6, 6.07) is 10.2. The van der Waals surface area contributed by atoms with Gasteiger partial charge in [0.25, 0.3) is 5.91 Å². The molecular formula is C20H25ClN2O5S. The SMILES string of the molecule is CCOc1ccc(CCCNC(=O)c2ccc(NS(C)(=O)=O)c(Cl)c2)cc1OC. The van der Waals surface area contributed by atoms with E-state index in [0.29, 0.717) is 30.2 Å². The van der Waals surface area contributed by atoms with Crippen molar-refractivity contribution in [1.29, 1.82) is 0 Å². The summed E-state index contributed by atoms with van der Waals surface area (Å²) < 4.78 is 35.7. The van der Waals surface area contributed by atoms with Crippen molar-refractivity contribution in [3.05, 3.63) is 52.5 Å². The summed E-state index contributed by atoms with van der Waals surface area (Å²) >= 11 is 6.06. The predicted molar refractivity (Wildman–Crippen MR) is 115 cm³/mol. The van der Waals surface area contributed by atoms with Gasteiger partial charge in [-0.1, -0.05) is 17.7 Å². The van der Waals surface area contributed by atoms with Crippen LogP contribution in [0.15, 0.2) is 36.4 Å². The Morgan fingerprint density at radius 1 is 1.14 bits per heavy atom. The molecule has 0 aliphatic carbocycles. The summed E-state index contributed by atoms with van der Waals surface area (Å²) in [5, 5.41) is 2.99. The average Bonchev–Trinajstić information content (AvgIpc) is 2.66. The number of hydrogen-bond donors (Lipinski definition) is 2. The zero-order chi connectivity index (χ0) is 21.4. The van der Waals surface area contributed by atoms with Crippen LogP contribution in [0.4, 0.5) is 5.69 Å². The number of nitrogens with one attached hydrogen (secondary N) is 2. The minimum Gasteiger partial charge on any atom is -0.493 e. The summed E-state index contributed by atoms with van der Waals surface area (Å²) in [7, 11) is -1.84. The maximum Gasteiger partial charge on any atom is 0.251 e. The molecule has 0 aromatic heterocycles. The van der Waals surface area contributed by atoms with Gasteiger partial charge in [-0.2, -0.15) is 0 Å². The first-order valence-corrected chi connectivity index (χ1v) is 11.4. The second-order valence-corrected chi connectivity index (χ2v) is 8.50. The number of ether oxygens (including phenoxy) is 2. The molecule has 0 atom stereocenters. The van der Waals surface area contributed by atoms with E-state index >= 15 is 0 Å². The van der Waals surface area contributed by atoms with Crippen LogP contribution in [0, 0.1) is 0 Å². The fourth-order valence-corrected chi connectivity index (χ4v) is 3.54. The molecule has 0 saturated heterocycles. The summed E-state index contributed by atoms with van der Waals surface area (Å²) in [5.41, 5.74) is 1.67. The van der Waals surface area contributed by atoms with E-state index in [9.17, 15) is 13.2 Å². The summed E-state index contributed by atoms with van der Waals surface area (Å²) in [6.45, 7) is 2.96. The highest BCUT2D eigenvalue weighted by molar-refractivity contribution is 7.92. The lowest BCUT2D eigenvalue weighted by Crippen LogP contribution is -2.24. The molecule has 2 N–H and O–H groups in total. The molecule has 29 heavy (non-hydrogen) atoms. The number of methoxy groups -OCH3 is 1. The molecule has 1 amide bonds. The van der Waals surface area contributed by atoms with Crippen molar-refractivity contribution in [3.63, 3.8) is 0 Å². The van der Waals surface area contributed by atoms with Crippen LogP contribution in [0.1, 0.15) is 29.3 Å². The molecule has 0 heterocycles. The topological polar surface area (TPSA) is 93.7 Å². The lowest BCUT2D eigenvalue weighted by Gasteiger charge is -2.11. The Labute approximate surface area is 176 Å². The van der Waals surface area contributed by atoms with E-state index < -0.39 is 10.0 Å². The number of carbonyl (C=O) groups is 1. The number of hydrogen-bond acceptors (Lipinski definition) is 5. The second-order valence-electron chi connectivity index (χ2n) is 6.35. The van der Waals surface area contributed by atoms with Crippen molar-refractivity contribution in [1.82, 2.24) is 5.32 Å². The average molecular weight is 441 g/mol. The number of aryl methyl sites for hydroxylation is 1. The van der Waals surface area contributed by atoms with Crippen molar-refractivity contribution in [3.8, 4) is 11.5 Å². The Morgan fingerprint density at radius 2 is 1.90 bits per heavy atom. The van der Waals surface area contributed by atoms with Gasteiger partial charge in [-0.3, -0.25) is 9.52 Å². The molecule has 0 bridgehead atoms. The first-order valence-electron chi connectivity index (χ1n) is 9.08. The fraction of sp³-hybridized carbons (Fsp3) is 0.350. The van der Waals surface area contributed by atoms with Gasteiger partial charge in [0.1, 0.15) is 0 Å². The van der Waals surface area contributed by atoms with Gasteiger partial charge in [0.15, 0.2) is 11.5 Å². The number of carbonyl (C=O) groups excluding carboxylic acids is 1. The molecule has 9 heteroatoms. The number of amides is 1. The highest BCUT2D eigenvalue weighted by Gasteiger charge is 2.11. The van der Waals surface area contributed by atoms with Gasteiger partial charge >= 0.3 is 0 Å². The molecule has 0 aliphatic heterocycles. The Bertz CT molecular complexity index is 963. The van der Waals surface area contributed by atoms with Crippen LogP contribution in [0.25, 0.3) is 0 Å². The van der Waals surface area contributed by atoms with Crippen LogP contribution in [0.5, 0.6) is 11.5 Å². The van der Waals surface area contributed by atoms with Crippen molar-refractivity contribution in [2.24, 2.45) is 0 Å². The normalized spacial score (nSPS) is 11.0. The third kappa shape index (κ3) is 7.14. The molecule has 7 nitrogen and oxygen atoms in total. The molecule has 0 spiro atoms. The minimum atomic E-state index is -3.44. The Morgan fingerprint density at radius 3 is 2.52 bits per heavy atom. The Kier molecular flexibility index (Phi) is 8.16. The molecule has 2 rings (SSSR count). The van der Waals surface area contributed by atoms with E-state index in [1.807, 2.05) is 25.1 Å². The maximum atomic E-state index is 12.3. The number of sulfonamides is 1. The molecule has 2 aromatic carbocycles. The summed E-state index contributed by atoms with van der Waals surface area (Å²) in [5.74, 6) is 1.12. The lowest BCUT2D eigenvalue weighted by atomic mass is 10.1. The maximum absolute atomic E-state index is 12.3. The van der Waals surface area contributed by atoms with Gasteiger partial charge in [0.05, 0.1) is 30.7 Å². The van der Waals surface area contributed by atoms with Crippen LogP contribution in [-0.2, 0) is 16.4 Å². The highest BCUT2D eigenvalue weighted by atomic mass is 35.5. The second kappa shape index (κ2) is 10.4. The van der Waals surface area contributed by atoms with Crippen molar-refractivity contribution < 1.29 is 22.7 Å². The zero-order valence-corrected chi connectivity index (χ0v) is 18.2. The van der Waals surface area contributed by atoms with Gasteiger partial charge in [0.2, 0.25) is 10.0 Å². The van der Waals surface area contributed by atoms with E-state index in [1.54, 1.807) is 7.11 Å². The number of halogens is 1. The highest BCUT2D eigenvalue weighted by Crippen LogP contribution is 2.28. The van der Waals surface area contributed by atoms with Crippen molar-refractivity contribution in [2.45, 2.75) is 19.8 Å². The first kappa shape index (κ1) is 22.8. The zero-order valence-electron chi connectivity index (χ0n) is 16.6. The molecule has 0 aliphatic rings. The third-order valence-electron chi connectivity index (χ3n) is 3.98. The van der Waals surface area contributed by atoms with E-state index in [4.69, 9.17) is 21.1 Å². The van der Waals surface area contributed by atoms with Crippen LogP contribution < -0.4 is 19.5 Å². The number of anilines is 1. The predicted octanol–water partition coefficient (Wildman–Crippen LogP) is 3.48.